The number of carbonyl (C=O) groups excluding carboxylic acids is 1. The van der Waals surface area contributed by atoms with Crippen molar-refractivity contribution < 1.29 is 23.3 Å². The van der Waals surface area contributed by atoms with Gasteiger partial charge in [0.2, 0.25) is 0 Å². The normalized spacial score (nSPS) is 15.9. The van der Waals surface area contributed by atoms with E-state index in [-0.39, 0.29) is 11.3 Å². The summed E-state index contributed by atoms with van der Waals surface area (Å²) in [7, 11) is -0.898. The van der Waals surface area contributed by atoms with Crippen LogP contribution in [0.25, 0.3) is 0 Å². The number of nitrogens with zero attached hydrogens (tertiary/aromatic N) is 1. The quantitative estimate of drug-likeness (QED) is 0.857. The molecule has 1 aromatic rings. The van der Waals surface area contributed by atoms with Gasteiger partial charge in [0.15, 0.2) is 0 Å². The molecule has 20 heavy (non-hydrogen) atoms. The van der Waals surface area contributed by atoms with E-state index in [0.29, 0.717) is 24.6 Å². The molecule has 1 aromatic carbocycles. The molecule has 2 N–H and O–H groups in total. The molecular formula is C12H13FN2O4S. The first-order valence-electron chi connectivity index (χ1n) is 5.91. The molecule has 6 nitrogen and oxygen atoms in total. The fraction of sp³-hybridized carbons (Fsp3) is 0.333. The van der Waals surface area contributed by atoms with Crippen molar-refractivity contribution in [3.8, 4) is 0 Å². The van der Waals surface area contributed by atoms with Crippen molar-refractivity contribution in [2.45, 2.75) is 0 Å². The van der Waals surface area contributed by atoms with Gasteiger partial charge in [-0.3, -0.25) is 4.21 Å². The second kappa shape index (κ2) is 6.00. The highest BCUT2D eigenvalue weighted by molar-refractivity contribution is 7.85. The van der Waals surface area contributed by atoms with E-state index in [1.165, 1.54) is 17.0 Å². The molecule has 0 aromatic heterocycles. The first-order valence-corrected chi connectivity index (χ1v) is 7.40. The van der Waals surface area contributed by atoms with Gasteiger partial charge in [0.1, 0.15) is 5.82 Å². The molecule has 0 radical (unpaired) electrons. The Hall–Kier alpha value is -1.96. The lowest BCUT2D eigenvalue weighted by Crippen LogP contribution is -2.44. The van der Waals surface area contributed by atoms with Crippen LogP contribution in [0.1, 0.15) is 10.4 Å². The molecule has 2 amide bonds. The molecule has 0 unspecified atom stereocenters. The molecule has 0 saturated carbocycles. The largest absolute Gasteiger partial charge is 0.478 e. The van der Waals surface area contributed by atoms with E-state index >= 15 is 0 Å². The van der Waals surface area contributed by atoms with Crippen LogP contribution in [0.15, 0.2) is 18.2 Å². The summed E-state index contributed by atoms with van der Waals surface area (Å²) >= 11 is 0. The minimum absolute atomic E-state index is 0.0771. The third kappa shape index (κ3) is 3.32. The molecule has 8 heteroatoms. The van der Waals surface area contributed by atoms with Gasteiger partial charge >= 0.3 is 12.0 Å². The monoisotopic (exact) mass is 300 g/mol. The summed E-state index contributed by atoms with van der Waals surface area (Å²) in [5.74, 6) is -1.22. The number of amides is 2. The molecular weight excluding hydrogens is 287 g/mol. The Labute approximate surface area is 117 Å². The number of anilines is 1. The fourth-order valence-corrected chi connectivity index (χ4v) is 2.84. The number of rotatable bonds is 2. The van der Waals surface area contributed by atoms with Crippen molar-refractivity contribution in [1.82, 2.24) is 4.90 Å². The highest BCUT2D eigenvalue weighted by atomic mass is 32.2. The Kier molecular flexibility index (Phi) is 4.33. The number of carbonyl (C=O) groups is 2. The van der Waals surface area contributed by atoms with Crippen LogP contribution in [-0.4, -0.2) is 50.8 Å². The zero-order valence-corrected chi connectivity index (χ0v) is 11.3. The number of hydrogen-bond acceptors (Lipinski definition) is 3. The minimum atomic E-state index is -1.24. The van der Waals surface area contributed by atoms with Crippen LogP contribution < -0.4 is 5.32 Å². The van der Waals surface area contributed by atoms with E-state index in [1.54, 1.807) is 0 Å². The van der Waals surface area contributed by atoms with Crippen molar-refractivity contribution in [3.63, 3.8) is 0 Å². The molecule has 1 heterocycles. The van der Waals surface area contributed by atoms with E-state index < -0.39 is 28.6 Å². The van der Waals surface area contributed by atoms with Gasteiger partial charge in [0, 0.05) is 35.4 Å². The summed E-state index contributed by atoms with van der Waals surface area (Å²) in [5, 5.41) is 11.1. The highest BCUT2D eigenvalue weighted by Gasteiger charge is 2.21. The summed E-state index contributed by atoms with van der Waals surface area (Å²) in [5.41, 5.74) is -0.263. The lowest BCUT2D eigenvalue weighted by atomic mass is 10.2. The predicted molar refractivity (Wildman–Crippen MR) is 71.8 cm³/mol. The van der Waals surface area contributed by atoms with Crippen molar-refractivity contribution >= 4 is 28.5 Å². The number of benzene rings is 1. The van der Waals surface area contributed by atoms with Crippen molar-refractivity contribution in [1.29, 1.82) is 0 Å². The van der Waals surface area contributed by atoms with E-state index in [9.17, 15) is 18.2 Å². The third-order valence-electron chi connectivity index (χ3n) is 2.92. The first-order chi connectivity index (χ1) is 9.47. The maximum atomic E-state index is 13.7. The molecule has 1 saturated heterocycles. The van der Waals surface area contributed by atoms with Crippen LogP contribution in [0.5, 0.6) is 0 Å². The molecule has 0 bridgehead atoms. The summed E-state index contributed by atoms with van der Waals surface area (Å²) in [6.07, 6.45) is 0. The molecule has 1 fully saturated rings. The van der Waals surface area contributed by atoms with Crippen LogP contribution in [-0.2, 0) is 10.8 Å². The van der Waals surface area contributed by atoms with E-state index in [1.807, 2.05) is 0 Å². The van der Waals surface area contributed by atoms with E-state index in [4.69, 9.17) is 5.11 Å². The molecule has 1 aliphatic rings. The molecule has 2 rings (SSSR count). The van der Waals surface area contributed by atoms with Gasteiger partial charge in [0.05, 0.1) is 11.3 Å². The van der Waals surface area contributed by atoms with Gasteiger partial charge in [-0.25, -0.2) is 14.0 Å². The lowest BCUT2D eigenvalue weighted by Gasteiger charge is -2.26. The SMILES string of the molecule is O=C(O)c1ccc(NC(=O)N2CCS(=O)CC2)c(F)c1. The predicted octanol–water partition coefficient (Wildman–Crippen LogP) is 1.12. The van der Waals surface area contributed by atoms with Crippen molar-refractivity contribution in [2.75, 3.05) is 29.9 Å². The standard InChI is InChI=1S/C12H13FN2O4S/c13-9-7-8(11(16)17)1-2-10(9)14-12(18)15-3-5-20(19)6-4-15/h1-2,7H,3-6H2,(H,14,18)(H,16,17). The molecule has 0 spiro atoms. The third-order valence-corrected chi connectivity index (χ3v) is 4.20. The van der Waals surface area contributed by atoms with Gasteiger partial charge in [0.25, 0.3) is 0 Å². The number of carboxylic acids is 1. The fourth-order valence-electron chi connectivity index (χ4n) is 1.78. The summed E-state index contributed by atoms with van der Waals surface area (Å²) in [6, 6.07) is 2.79. The van der Waals surface area contributed by atoms with Crippen LogP contribution in [0.2, 0.25) is 0 Å². The van der Waals surface area contributed by atoms with Crippen LogP contribution in [0, 0.1) is 5.82 Å². The number of aromatic carboxylic acids is 1. The summed E-state index contributed by atoms with van der Waals surface area (Å²) < 4.78 is 24.8. The summed E-state index contributed by atoms with van der Waals surface area (Å²) in [4.78, 5) is 24.0. The van der Waals surface area contributed by atoms with Gasteiger partial charge in [-0.05, 0) is 18.2 Å². The van der Waals surface area contributed by atoms with Gasteiger partial charge in [-0.1, -0.05) is 0 Å². The first kappa shape index (κ1) is 14.4. The average Bonchev–Trinajstić information content (AvgIpc) is 2.41. The smallest absolute Gasteiger partial charge is 0.335 e. The summed E-state index contributed by atoms with van der Waals surface area (Å²) in [6.45, 7) is 0.709. The zero-order valence-electron chi connectivity index (χ0n) is 10.5. The number of hydrogen-bond donors (Lipinski definition) is 2. The topological polar surface area (TPSA) is 86.7 Å². The number of halogens is 1. The Morgan fingerprint density at radius 2 is 1.95 bits per heavy atom. The molecule has 0 aliphatic carbocycles. The molecule has 108 valence electrons. The second-order valence-corrected chi connectivity index (χ2v) is 5.96. The van der Waals surface area contributed by atoms with Crippen molar-refractivity contribution in [2.24, 2.45) is 0 Å². The Balaban J connectivity index is 2.04. The zero-order chi connectivity index (χ0) is 14.7. The minimum Gasteiger partial charge on any atom is -0.478 e. The Morgan fingerprint density at radius 1 is 1.30 bits per heavy atom. The number of urea groups is 1. The second-order valence-electron chi connectivity index (χ2n) is 4.27. The Bertz CT molecular complexity index is 569. The van der Waals surface area contributed by atoms with E-state index in [2.05, 4.69) is 5.32 Å². The highest BCUT2D eigenvalue weighted by Crippen LogP contribution is 2.16. The van der Waals surface area contributed by atoms with Gasteiger partial charge in [-0.2, -0.15) is 0 Å². The maximum absolute atomic E-state index is 13.7. The maximum Gasteiger partial charge on any atom is 0.335 e. The van der Waals surface area contributed by atoms with Gasteiger partial charge < -0.3 is 15.3 Å². The van der Waals surface area contributed by atoms with Crippen LogP contribution in [0.3, 0.4) is 0 Å². The lowest BCUT2D eigenvalue weighted by molar-refractivity contribution is 0.0696. The van der Waals surface area contributed by atoms with Gasteiger partial charge in [-0.15, -0.1) is 0 Å². The van der Waals surface area contributed by atoms with Crippen LogP contribution >= 0.6 is 0 Å². The molecule has 0 atom stereocenters. The van der Waals surface area contributed by atoms with Crippen LogP contribution in [0.4, 0.5) is 14.9 Å². The molecule has 1 aliphatic heterocycles. The average molecular weight is 300 g/mol. The number of carboxylic acid groups (broad SMARTS) is 1. The van der Waals surface area contributed by atoms with E-state index in [0.717, 1.165) is 6.07 Å². The number of nitrogens with one attached hydrogen (secondary N) is 1. The van der Waals surface area contributed by atoms with Crippen molar-refractivity contribution in [3.05, 3.63) is 29.6 Å². The Morgan fingerprint density at radius 3 is 2.50 bits per heavy atom.